The number of carbonyl (C=O) groups excluding carboxylic acids is 1. The van der Waals surface area contributed by atoms with Crippen LogP contribution in [0.1, 0.15) is 65.7 Å². The zero-order valence-corrected chi connectivity index (χ0v) is 13.5. The summed E-state index contributed by atoms with van der Waals surface area (Å²) in [7, 11) is 0. The topological polar surface area (TPSA) is 41.1 Å². The second kappa shape index (κ2) is 6.93. The van der Waals surface area contributed by atoms with Crippen molar-refractivity contribution < 1.29 is 4.79 Å². The molecule has 1 saturated carbocycles. The van der Waals surface area contributed by atoms with Gasteiger partial charge in [0.25, 0.3) is 0 Å². The molecular formula is C17H32N2O. The number of hydrogen-bond donors (Lipinski definition) is 2. The van der Waals surface area contributed by atoms with E-state index in [-0.39, 0.29) is 5.92 Å². The summed E-state index contributed by atoms with van der Waals surface area (Å²) in [6.45, 7) is 9.03. The van der Waals surface area contributed by atoms with E-state index in [4.69, 9.17) is 0 Å². The molecule has 1 atom stereocenters. The Kier molecular flexibility index (Phi) is 5.48. The maximum Gasteiger partial charge on any atom is 0.223 e. The standard InChI is InChI=1S/C17H32N2O/c1-17(2,3)14-9-7-13(8-10-14)16(20)19-15-6-4-5-11-18-12-15/h13-15,18H,4-12H2,1-3H3,(H,19,20). The number of amides is 1. The van der Waals surface area contributed by atoms with Crippen molar-refractivity contribution in [2.24, 2.45) is 17.3 Å². The Hall–Kier alpha value is -0.570. The van der Waals surface area contributed by atoms with Crippen molar-refractivity contribution in [2.75, 3.05) is 13.1 Å². The first-order chi connectivity index (χ1) is 9.47. The van der Waals surface area contributed by atoms with Gasteiger partial charge in [-0.15, -0.1) is 0 Å². The predicted octanol–water partition coefficient (Wildman–Crippen LogP) is 3.10. The van der Waals surface area contributed by atoms with E-state index in [0.717, 1.165) is 38.3 Å². The minimum atomic E-state index is 0.261. The molecule has 3 heteroatoms. The summed E-state index contributed by atoms with van der Waals surface area (Å²) in [5, 5.41) is 6.70. The zero-order chi connectivity index (χ0) is 14.6. The SMILES string of the molecule is CC(C)(C)C1CCC(C(=O)NC2CCCCNC2)CC1. The third-order valence-electron chi connectivity index (χ3n) is 5.22. The molecule has 1 amide bonds. The minimum absolute atomic E-state index is 0.261. The van der Waals surface area contributed by atoms with Crippen LogP contribution in [-0.4, -0.2) is 25.0 Å². The molecule has 0 spiro atoms. The highest BCUT2D eigenvalue weighted by atomic mass is 16.1. The zero-order valence-electron chi connectivity index (χ0n) is 13.5. The largest absolute Gasteiger partial charge is 0.352 e. The molecule has 0 aromatic rings. The average molecular weight is 280 g/mol. The van der Waals surface area contributed by atoms with Crippen LogP contribution in [0.4, 0.5) is 0 Å². The summed E-state index contributed by atoms with van der Waals surface area (Å²) < 4.78 is 0. The van der Waals surface area contributed by atoms with Gasteiger partial charge in [-0.3, -0.25) is 4.79 Å². The molecule has 116 valence electrons. The van der Waals surface area contributed by atoms with Gasteiger partial charge in [0.15, 0.2) is 0 Å². The lowest BCUT2D eigenvalue weighted by atomic mass is 9.69. The monoisotopic (exact) mass is 280 g/mol. The molecule has 1 saturated heterocycles. The van der Waals surface area contributed by atoms with Crippen molar-refractivity contribution >= 4 is 5.91 Å². The van der Waals surface area contributed by atoms with Gasteiger partial charge in [0.2, 0.25) is 5.91 Å². The van der Waals surface area contributed by atoms with Gasteiger partial charge in [-0.1, -0.05) is 27.2 Å². The first-order valence-electron chi connectivity index (χ1n) is 8.48. The van der Waals surface area contributed by atoms with Gasteiger partial charge < -0.3 is 10.6 Å². The quantitative estimate of drug-likeness (QED) is 0.816. The van der Waals surface area contributed by atoms with Crippen molar-refractivity contribution in [1.82, 2.24) is 10.6 Å². The van der Waals surface area contributed by atoms with Crippen LogP contribution in [0.3, 0.4) is 0 Å². The van der Waals surface area contributed by atoms with Gasteiger partial charge in [-0.25, -0.2) is 0 Å². The van der Waals surface area contributed by atoms with Crippen LogP contribution in [0.25, 0.3) is 0 Å². The summed E-state index contributed by atoms with van der Waals surface area (Å²) >= 11 is 0. The summed E-state index contributed by atoms with van der Waals surface area (Å²) in [6.07, 6.45) is 8.19. The van der Waals surface area contributed by atoms with Crippen LogP contribution >= 0.6 is 0 Å². The van der Waals surface area contributed by atoms with E-state index in [2.05, 4.69) is 31.4 Å². The Morgan fingerprint density at radius 2 is 1.75 bits per heavy atom. The first-order valence-corrected chi connectivity index (χ1v) is 8.48. The lowest BCUT2D eigenvalue weighted by Gasteiger charge is -2.36. The molecule has 1 aliphatic carbocycles. The molecule has 2 aliphatic rings. The average Bonchev–Trinajstić information content (AvgIpc) is 2.66. The smallest absolute Gasteiger partial charge is 0.223 e. The van der Waals surface area contributed by atoms with Crippen molar-refractivity contribution in [3.05, 3.63) is 0 Å². The molecule has 1 unspecified atom stereocenters. The highest BCUT2D eigenvalue weighted by Crippen LogP contribution is 2.39. The molecule has 2 fully saturated rings. The maximum atomic E-state index is 12.4. The summed E-state index contributed by atoms with van der Waals surface area (Å²) in [5.74, 6) is 1.36. The van der Waals surface area contributed by atoms with E-state index in [0.29, 0.717) is 17.4 Å². The lowest BCUT2D eigenvalue weighted by Crippen LogP contribution is -2.44. The van der Waals surface area contributed by atoms with Gasteiger partial charge in [-0.2, -0.15) is 0 Å². The maximum absolute atomic E-state index is 12.4. The predicted molar refractivity (Wildman–Crippen MR) is 83.6 cm³/mol. The van der Waals surface area contributed by atoms with Crippen LogP contribution in [0.5, 0.6) is 0 Å². The van der Waals surface area contributed by atoms with Gasteiger partial charge in [-0.05, 0) is 56.4 Å². The van der Waals surface area contributed by atoms with E-state index in [1.165, 1.54) is 25.7 Å². The Labute approximate surface area is 124 Å². The normalized spacial score (nSPS) is 32.5. The van der Waals surface area contributed by atoms with Crippen molar-refractivity contribution in [2.45, 2.75) is 71.8 Å². The van der Waals surface area contributed by atoms with Crippen LogP contribution < -0.4 is 10.6 Å². The van der Waals surface area contributed by atoms with Gasteiger partial charge in [0.1, 0.15) is 0 Å². The van der Waals surface area contributed by atoms with Crippen LogP contribution in [-0.2, 0) is 4.79 Å². The number of nitrogens with one attached hydrogen (secondary N) is 2. The highest BCUT2D eigenvalue weighted by Gasteiger charge is 2.32. The Bertz CT molecular complexity index is 305. The third kappa shape index (κ3) is 4.47. The van der Waals surface area contributed by atoms with E-state index in [1.807, 2.05) is 0 Å². The van der Waals surface area contributed by atoms with Gasteiger partial charge in [0, 0.05) is 18.5 Å². The molecule has 3 nitrogen and oxygen atoms in total. The molecule has 1 aliphatic heterocycles. The molecule has 20 heavy (non-hydrogen) atoms. The molecule has 0 aromatic heterocycles. The fourth-order valence-corrected chi connectivity index (χ4v) is 3.68. The molecular weight excluding hydrogens is 248 g/mol. The van der Waals surface area contributed by atoms with Crippen molar-refractivity contribution in [1.29, 1.82) is 0 Å². The summed E-state index contributed by atoms with van der Waals surface area (Å²) in [6, 6.07) is 0.352. The van der Waals surface area contributed by atoms with Crippen molar-refractivity contribution in [3.8, 4) is 0 Å². The molecule has 1 heterocycles. The molecule has 0 radical (unpaired) electrons. The number of hydrogen-bond acceptors (Lipinski definition) is 2. The second-order valence-corrected chi connectivity index (χ2v) is 7.82. The van der Waals surface area contributed by atoms with Crippen molar-refractivity contribution in [3.63, 3.8) is 0 Å². The summed E-state index contributed by atoms with van der Waals surface area (Å²) in [4.78, 5) is 12.4. The Morgan fingerprint density at radius 1 is 1.05 bits per heavy atom. The third-order valence-corrected chi connectivity index (χ3v) is 5.22. The number of rotatable bonds is 2. The highest BCUT2D eigenvalue weighted by molar-refractivity contribution is 5.79. The number of carbonyl (C=O) groups is 1. The first kappa shape index (κ1) is 15.8. The fourth-order valence-electron chi connectivity index (χ4n) is 3.68. The summed E-state index contributed by atoms with van der Waals surface area (Å²) in [5.41, 5.74) is 0.395. The van der Waals surface area contributed by atoms with Crippen LogP contribution in [0.15, 0.2) is 0 Å². The van der Waals surface area contributed by atoms with E-state index >= 15 is 0 Å². The lowest BCUT2D eigenvalue weighted by molar-refractivity contribution is -0.127. The molecule has 2 rings (SSSR count). The Balaban J connectivity index is 1.76. The van der Waals surface area contributed by atoms with E-state index in [9.17, 15) is 4.79 Å². The van der Waals surface area contributed by atoms with Crippen LogP contribution in [0, 0.1) is 17.3 Å². The van der Waals surface area contributed by atoms with Gasteiger partial charge >= 0.3 is 0 Å². The van der Waals surface area contributed by atoms with Gasteiger partial charge in [0.05, 0.1) is 0 Å². The molecule has 0 bridgehead atoms. The molecule has 0 aromatic carbocycles. The van der Waals surface area contributed by atoms with Crippen LogP contribution in [0.2, 0.25) is 0 Å². The minimum Gasteiger partial charge on any atom is -0.352 e. The van der Waals surface area contributed by atoms with E-state index < -0.39 is 0 Å². The second-order valence-electron chi connectivity index (χ2n) is 7.82. The fraction of sp³-hybridized carbons (Fsp3) is 0.941. The molecule has 2 N–H and O–H groups in total. The van der Waals surface area contributed by atoms with E-state index in [1.54, 1.807) is 0 Å². The Morgan fingerprint density at radius 3 is 2.40 bits per heavy atom.